The number of aromatic nitrogens is 2. The molecular formula is C15H20N4O2S. The van der Waals surface area contributed by atoms with Gasteiger partial charge in [0.1, 0.15) is 6.26 Å². The number of likely N-dealkylation sites (N-methyl/N-ethyl adjacent to an activating group) is 1. The maximum absolute atomic E-state index is 12.3. The van der Waals surface area contributed by atoms with Gasteiger partial charge in [0.05, 0.1) is 10.7 Å². The molecule has 0 spiro atoms. The number of fused-ring (bicyclic) bond motifs is 1. The second-order valence-electron chi connectivity index (χ2n) is 5.79. The molecule has 0 saturated carbocycles. The van der Waals surface area contributed by atoms with Crippen LogP contribution in [0.1, 0.15) is 39.9 Å². The number of hydrogen-bond donors (Lipinski definition) is 1. The molecule has 0 radical (unpaired) electrons. The molecule has 2 aromatic rings. The minimum Gasteiger partial charge on any atom is -0.362 e. The first-order valence-corrected chi connectivity index (χ1v) is 8.25. The second kappa shape index (κ2) is 6.08. The summed E-state index contributed by atoms with van der Waals surface area (Å²) >= 11 is 1.78. The Kier molecular flexibility index (Phi) is 4.15. The Morgan fingerprint density at radius 1 is 1.55 bits per heavy atom. The molecule has 22 heavy (non-hydrogen) atoms. The number of urea groups is 1. The first kappa shape index (κ1) is 15.0. The highest BCUT2D eigenvalue weighted by atomic mass is 32.1. The normalized spacial score (nSPS) is 17.1. The Hall–Kier alpha value is -1.89. The van der Waals surface area contributed by atoms with Crippen molar-refractivity contribution >= 4 is 23.2 Å². The van der Waals surface area contributed by atoms with Gasteiger partial charge in [-0.05, 0) is 33.1 Å². The summed E-state index contributed by atoms with van der Waals surface area (Å²) in [5, 5.41) is 7.67. The fraction of sp³-hybridized carbons (Fsp3) is 0.533. The van der Waals surface area contributed by atoms with Gasteiger partial charge >= 0.3 is 6.03 Å². The summed E-state index contributed by atoms with van der Waals surface area (Å²) in [5.74, 6) is 0.800. The zero-order valence-electron chi connectivity index (χ0n) is 13.0. The number of aryl methyl sites for hydroxylation is 3. The Morgan fingerprint density at radius 2 is 2.36 bits per heavy atom. The van der Waals surface area contributed by atoms with Crippen LogP contribution in [0.3, 0.4) is 0 Å². The van der Waals surface area contributed by atoms with Crippen LogP contribution in [0.4, 0.5) is 10.6 Å². The maximum Gasteiger partial charge on any atom is 0.322 e. The molecule has 0 fully saturated rings. The maximum atomic E-state index is 12.3. The highest BCUT2D eigenvalue weighted by molar-refractivity contribution is 7.11. The number of hydrogen-bond acceptors (Lipinski definition) is 5. The van der Waals surface area contributed by atoms with Crippen LogP contribution in [0, 0.1) is 13.8 Å². The lowest BCUT2D eigenvalue weighted by atomic mass is 9.91. The highest BCUT2D eigenvalue weighted by Crippen LogP contribution is 2.35. The van der Waals surface area contributed by atoms with Crippen LogP contribution in [0.15, 0.2) is 10.8 Å². The van der Waals surface area contributed by atoms with Crippen molar-refractivity contribution in [3.8, 4) is 0 Å². The minimum atomic E-state index is -0.170. The van der Waals surface area contributed by atoms with Crippen molar-refractivity contribution in [2.45, 2.75) is 39.0 Å². The van der Waals surface area contributed by atoms with Crippen molar-refractivity contribution in [2.75, 3.05) is 18.9 Å². The molecule has 1 N–H and O–H groups in total. The molecule has 0 aromatic carbocycles. The smallest absolute Gasteiger partial charge is 0.322 e. The van der Waals surface area contributed by atoms with E-state index < -0.39 is 0 Å². The number of carbonyl (C=O) groups excluding carboxylic acids is 1. The lowest BCUT2D eigenvalue weighted by Gasteiger charge is -2.26. The Morgan fingerprint density at radius 3 is 3.09 bits per heavy atom. The first-order chi connectivity index (χ1) is 10.5. The SMILES string of the molecule is Cc1nc2c(s1)CCC[C@H]2CN(C)C(=O)Nc1nocc1C. The van der Waals surface area contributed by atoms with E-state index in [0.717, 1.165) is 29.8 Å². The Bertz CT molecular complexity index is 679. The molecule has 1 atom stereocenters. The van der Waals surface area contributed by atoms with Gasteiger partial charge in [0, 0.05) is 30.0 Å². The number of thiazole rings is 1. The van der Waals surface area contributed by atoms with Crippen molar-refractivity contribution < 1.29 is 9.32 Å². The van der Waals surface area contributed by atoms with Crippen LogP contribution in [0.25, 0.3) is 0 Å². The third kappa shape index (κ3) is 2.99. The topological polar surface area (TPSA) is 71.3 Å². The van der Waals surface area contributed by atoms with E-state index in [2.05, 4.69) is 15.5 Å². The summed E-state index contributed by atoms with van der Waals surface area (Å²) in [6.45, 7) is 4.56. The van der Waals surface area contributed by atoms with Crippen LogP contribution < -0.4 is 5.32 Å². The van der Waals surface area contributed by atoms with Crippen LogP contribution in [-0.4, -0.2) is 34.7 Å². The molecule has 3 rings (SSSR count). The summed E-state index contributed by atoms with van der Waals surface area (Å²) in [7, 11) is 1.80. The van der Waals surface area contributed by atoms with Gasteiger partial charge in [-0.1, -0.05) is 5.16 Å². The third-order valence-electron chi connectivity index (χ3n) is 3.99. The highest BCUT2D eigenvalue weighted by Gasteiger charge is 2.26. The van der Waals surface area contributed by atoms with Gasteiger partial charge in [0.25, 0.3) is 0 Å². The van der Waals surface area contributed by atoms with E-state index in [4.69, 9.17) is 4.52 Å². The Labute approximate surface area is 133 Å². The molecule has 0 aliphatic heterocycles. The van der Waals surface area contributed by atoms with E-state index in [9.17, 15) is 4.79 Å². The lowest BCUT2D eigenvalue weighted by molar-refractivity contribution is 0.217. The molecule has 118 valence electrons. The molecular weight excluding hydrogens is 300 g/mol. The molecule has 0 bridgehead atoms. The molecule has 0 saturated heterocycles. The average molecular weight is 320 g/mol. The zero-order chi connectivity index (χ0) is 15.7. The van der Waals surface area contributed by atoms with Crippen LogP contribution in [0.5, 0.6) is 0 Å². The predicted octanol–water partition coefficient (Wildman–Crippen LogP) is 3.33. The molecule has 1 aliphatic rings. The van der Waals surface area contributed by atoms with E-state index in [1.54, 1.807) is 23.3 Å². The van der Waals surface area contributed by atoms with E-state index in [1.807, 2.05) is 13.8 Å². The van der Waals surface area contributed by atoms with Crippen molar-refractivity contribution in [3.63, 3.8) is 0 Å². The van der Waals surface area contributed by atoms with Crippen molar-refractivity contribution in [1.29, 1.82) is 0 Å². The summed E-state index contributed by atoms with van der Waals surface area (Å²) in [6, 6.07) is -0.170. The van der Waals surface area contributed by atoms with E-state index in [1.165, 1.54) is 16.8 Å². The summed E-state index contributed by atoms with van der Waals surface area (Å²) < 4.78 is 4.83. The molecule has 6 nitrogen and oxygen atoms in total. The van der Waals surface area contributed by atoms with Gasteiger partial charge in [-0.25, -0.2) is 9.78 Å². The van der Waals surface area contributed by atoms with Crippen molar-refractivity contribution in [2.24, 2.45) is 0 Å². The van der Waals surface area contributed by atoms with Gasteiger partial charge in [-0.3, -0.25) is 5.32 Å². The fourth-order valence-corrected chi connectivity index (χ4v) is 3.89. The summed E-state index contributed by atoms with van der Waals surface area (Å²) in [6.07, 6.45) is 4.88. The zero-order valence-corrected chi connectivity index (χ0v) is 13.9. The molecule has 0 unspecified atom stereocenters. The number of nitrogens with zero attached hydrogens (tertiary/aromatic N) is 3. The molecule has 2 aromatic heterocycles. The van der Waals surface area contributed by atoms with E-state index >= 15 is 0 Å². The first-order valence-electron chi connectivity index (χ1n) is 7.44. The predicted molar refractivity (Wildman–Crippen MR) is 85.4 cm³/mol. The van der Waals surface area contributed by atoms with Gasteiger partial charge < -0.3 is 9.42 Å². The van der Waals surface area contributed by atoms with Crippen LogP contribution in [0.2, 0.25) is 0 Å². The molecule has 2 amide bonds. The lowest BCUT2D eigenvalue weighted by Crippen LogP contribution is -2.35. The van der Waals surface area contributed by atoms with Crippen molar-refractivity contribution in [3.05, 3.63) is 27.4 Å². The second-order valence-corrected chi connectivity index (χ2v) is 7.08. The largest absolute Gasteiger partial charge is 0.362 e. The van der Waals surface area contributed by atoms with E-state index in [0.29, 0.717) is 18.3 Å². The van der Waals surface area contributed by atoms with Crippen molar-refractivity contribution in [1.82, 2.24) is 15.0 Å². The quantitative estimate of drug-likeness (QED) is 0.941. The fourth-order valence-electron chi connectivity index (χ4n) is 2.82. The standard InChI is InChI=1S/C15H20N4O2S/c1-9-8-21-18-14(9)17-15(20)19(3)7-11-5-4-6-12-13(11)16-10(2)22-12/h8,11H,4-7H2,1-3H3,(H,17,18,20)/t11-/m0/s1. The number of carbonyl (C=O) groups is 1. The van der Waals surface area contributed by atoms with Gasteiger partial charge in [-0.15, -0.1) is 11.3 Å². The van der Waals surface area contributed by atoms with Crippen LogP contribution >= 0.6 is 11.3 Å². The molecule has 7 heteroatoms. The third-order valence-corrected chi connectivity index (χ3v) is 5.04. The molecule has 1 aliphatic carbocycles. The molecule has 2 heterocycles. The number of anilines is 1. The number of nitrogens with one attached hydrogen (secondary N) is 1. The monoisotopic (exact) mass is 320 g/mol. The average Bonchev–Trinajstić information content (AvgIpc) is 3.05. The summed E-state index contributed by atoms with van der Waals surface area (Å²) in [4.78, 5) is 20.0. The van der Waals surface area contributed by atoms with Gasteiger partial charge in [0.2, 0.25) is 0 Å². The number of rotatable bonds is 3. The Balaban J connectivity index is 1.66. The number of amides is 2. The summed E-state index contributed by atoms with van der Waals surface area (Å²) in [5.41, 5.74) is 2.00. The minimum absolute atomic E-state index is 0.170. The van der Waals surface area contributed by atoms with Gasteiger partial charge in [-0.2, -0.15) is 0 Å². The van der Waals surface area contributed by atoms with Gasteiger partial charge in [0.15, 0.2) is 5.82 Å². The van der Waals surface area contributed by atoms with Crippen LogP contribution in [-0.2, 0) is 6.42 Å². The van der Waals surface area contributed by atoms with E-state index in [-0.39, 0.29) is 6.03 Å².